The van der Waals surface area contributed by atoms with Gasteiger partial charge in [0, 0.05) is 24.6 Å². The summed E-state index contributed by atoms with van der Waals surface area (Å²) >= 11 is 0. The predicted octanol–water partition coefficient (Wildman–Crippen LogP) is 2.29. The fourth-order valence-corrected chi connectivity index (χ4v) is 3.42. The summed E-state index contributed by atoms with van der Waals surface area (Å²) in [6.07, 6.45) is 0. The van der Waals surface area contributed by atoms with E-state index in [0.29, 0.717) is 13.2 Å². The van der Waals surface area contributed by atoms with Gasteiger partial charge >= 0.3 is 0 Å². The van der Waals surface area contributed by atoms with E-state index in [0.717, 1.165) is 23.4 Å². The molecule has 4 heteroatoms. The molecule has 122 valence electrons. The summed E-state index contributed by atoms with van der Waals surface area (Å²) in [4.78, 5) is 0. The molecular formula is C19H23NO3. The zero-order chi connectivity index (χ0) is 16.1. The zero-order valence-corrected chi connectivity index (χ0v) is 13.4. The Morgan fingerprint density at radius 2 is 1.91 bits per heavy atom. The van der Waals surface area contributed by atoms with Gasteiger partial charge in [-0.3, -0.25) is 0 Å². The van der Waals surface area contributed by atoms with Gasteiger partial charge in [-0.2, -0.15) is 0 Å². The lowest BCUT2D eigenvalue weighted by molar-refractivity contribution is -0.100. The molecule has 1 heterocycles. The molecule has 2 unspecified atom stereocenters. The van der Waals surface area contributed by atoms with Crippen LogP contribution in [-0.2, 0) is 10.3 Å². The third-order valence-electron chi connectivity index (χ3n) is 4.54. The Balaban J connectivity index is 2.12. The van der Waals surface area contributed by atoms with E-state index in [9.17, 15) is 5.11 Å². The zero-order valence-electron chi connectivity index (χ0n) is 13.4. The molecule has 2 aromatic rings. The molecule has 3 rings (SSSR count). The van der Waals surface area contributed by atoms with E-state index in [-0.39, 0.29) is 12.5 Å². The number of aliphatic hydroxyl groups excluding tert-OH is 1. The van der Waals surface area contributed by atoms with Gasteiger partial charge in [-0.25, -0.2) is 0 Å². The van der Waals surface area contributed by atoms with Crippen molar-refractivity contribution in [2.24, 2.45) is 0 Å². The number of methoxy groups -OCH3 is 1. The minimum absolute atomic E-state index is 0.00371. The average Bonchev–Trinajstić information content (AvgIpc) is 2.64. The van der Waals surface area contributed by atoms with Gasteiger partial charge in [0.15, 0.2) is 0 Å². The van der Waals surface area contributed by atoms with E-state index in [4.69, 9.17) is 9.47 Å². The smallest absolute Gasteiger partial charge is 0.125 e. The highest BCUT2D eigenvalue weighted by molar-refractivity contribution is 5.42. The first-order valence-corrected chi connectivity index (χ1v) is 7.96. The number of hydrogen-bond acceptors (Lipinski definition) is 4. The molecule has 1 aliphatic rings. The Hall–Kier alpha value is -1.88. The Bertz CT molecular complexity index is 624. The average molecular weight is 313 g/mol. The van der Waals surface area contributed by atoms with E-state index in [1.807, 2.05) is 54.6 Å². The van der Waals surface area contributed by atoms with Gasteiger partial charge in [-0.1, -0.05) is 48.5 Å². The monoisotopic (exact) mass is 313 g/mol. The Labute approximate surface area is 137 Å². The van der Waals surface area contributed by atoms with Crippen molar-refractivity contribution in [2.75, 3.05) is 33.4 Å². The van der Waals surface area contributed by atoms with Crippen molar-refractivity contribution in [3.05, 3.63) is 65.7 Å². The summed E-state index contributed by atoms with van der Waals surface area (Å²) in [6, 6.07) is 17.9. The predicted molar refractivity (Wildman–Crippen MR) is 89.8 cm³/mol. The van der Waals surface area contributed by atoms with Crippen molar-refractivity contribution in [2.45, 2.75) is 11.5 Å². The minimum atomic E-state index is -0.652. The number of morpholine rings is 1. The van der Waals surface area contributed by atoms with Gasteiger partial charge in [-0.05, 0) is 11.6 Å². The van der Waals surface area contributed by atoms with Gasteiger partial charge in [0.2, 0.25) is 0 Å². The van der Waals surface area contributed by atoms with Crippen LogP contribution >= 0.6 is 0 Å². The maximum absolute atomic E-state index is 10.2. The van der Waals surface area contributed by atoms with Crippen molar-refractivity contribution >= 4 is 0 Å². The Morgan fingerprint density at radius 1 is 1.17 bits per heavy atom. The Morgan fingerprint density at radius 3 is 2.57 bits per heavy atom. The third-order valence-corrected chi connectivity index (χ3v) is 4.54. The van der Waals surface area contributed by atoms with Crippen LogP contribution in [0.2, 0.25) is 0 Å². The van der Waals surface area contributed by atoms with Crippen LogP contribution in [0, 0.1) is 0 Å². The highest BCUT2D eigenvalue weighted by atomic mass is 16.5. The third kappa shape index (κ3) is 2.98. The van der Waals surface area contributed by atoms with Crippen LogP contribution in [0.15, 0.2) is 54.6 Å². The summed E-state index contributed by atoms with van der Waals surface area (Å²) in [6.45, 7) is 2.04. The molecule has 23 heavy (non-hydrogen) atoms. The molecule has 0 amide bonds. The number of hydrogen-bond donors (Lipinski definition) is 2. The maximum Gasteiger partial charge on any atom is 0.125 e. The fourth-order valence-electron chi connectivity index (χ4n) is 3.42. The molecule has 2 atom stereocenters. The number of ether oxygens (including phenoxy) is 2. The molecule has 0 spiro atoms. The SMILES string of the molecule is COc1ccccc1C1(C(CO)c2ccccc2)CNCCO1. The van der Waals surface area contributed by atoms with Gasteiger partial charge in [0.25, 0.3) is 0 Å². The summed E-state index contributed by atoms with van der Waals surface area (Å²) < 4.78 is 11.9. The molecule has 0 aliphatic carbocycles. The first-order chi connectivity index (χ1) is 11.3. The van der Waals surface area contributed by atoms with E-state index in [2.05, 4.69) is 5.32 Å². The van der Waals surface area contributed by atoms with Gasteiger partial charge in [0.05, 0.1) is 20.3 Å². The number of rotatable bonds is 5. The van der Waals surface area contributed by atoms with Crippen molar-refractivity contribution in [1.29, 1.82) is 0 Å². The highest BCUT2D eigenvalue weighted by Gasteiger charge is 2.45. The lowest BCUT2D eigenvalue weighted by Gasteiger charge is -2.44. The van der Waals surface area contributed by atoms with E-state index in [1.165, 1.54) is 0 Å². The molecule has 1 saturated heterocycles. The second kappa shape index (κ2) is 7.13. The Kier molecular flexibility index (Phi) is 4.96. The molecule has 0 saturated carbocycles. The van der Waals surface area contributed by atoms with Crippen LogP contribution < -0.4 is 10.1 Å². The van der Waals surface area contributed by atoms with Crippen LogP contribution in [0.3, 0.4) is 0 Å². The van der Waals surface area contributed by atoms with E-state index in [1.54, 1.807) is 7.11 Å². The van der Waals surface area contributed by atoms with E-state index < -0.39 is 5.60 Å². The molecule has 2 N–H and O–H groups in total. The van der Waals surface area contributed by atoms with Crippen molar-refractivity contribution in [1.82, 2.24) is 5.32 Å². The lowest BCUT2D eigenvalue weighted by Crippen LogP contribution is -2.52. The summed E-state index contributed by atoms with van der Waals surface area (Å²) in [5.74, 6) is 0.610. The fraction of sp³-hybridized carbons (Fsp3) is 0.368. The van der Waals surface area contributed by atoms with Gasteiger partial charge < -0.3 is 19.9 Å². The first-order valence-electron chi connectivity index (χ1n) is 7.96. The van der Waals surface area contributed by atoms with Crippen molar-refractivity contribution in [3.63, 3.8) is 0 Å². The standard InChI is InChI=1S/C19H23NO3/c1-22-18-10-6-5-9-16(18)19(14-20-11-12-23-19)17(13-21)15-7-3-2-4-8-15/h2-10,17,20-21H,11-14H2,1H3. The van der Waals surface area contributed by atoms with Gasteiger partial charge in [0.1, 0.15) is 11.4 Å². The summed E-state index contributed by atoms with van der Waals surface area (Å²) in [5, 5.41) is 13.6. The highest BCUT2D eigenvalue weighted by Crippen LogP contribution is 2.44. The van der Waals surface area contributed by atoms with Crippen LogP contribution in [0.5, 0.6) is 5.75 Å². The number of nitrogens with one attached hydrogen (secondary N) is 1. The molecule has 2 aromatic carbocycles. The number of aliphatic hydroxyl groups is 1. The van der Waals surface area contributed by atoms with E-state index >= 15 is 0 Å². The maximum atomic E-state index is 10.2. The van der Waals surface area contributed by atoms with Crippen LogP contribution in [0.1, 0.15) is 17.0 Å². The van der Waals surface area contributed by atoms with Crippen LogP contribution in [0.25, 0.3) is 0 Å². The molecule has 4 nitrogen and oxygen atoms in total. The summed E-state index contributed by atoms with van der Waals surface area (Å²) in [5.41, 5.74) is 1.38. The molecule has 0 aromatic heterocycles. The molecular weight excluding hydrogens is 290 g/mol. The largest absolute Gasteiger partial charge is 0.496 e. The number of para-hydroxylation sites is 1. The molecule has 1 aliphatic heterocycles. The van der Waals surface area contributed by atoms with Crippen molar-refractivity contribution < 1.29 is 14.6 Å². The second-order valence-corrected chi connectivity index (χ2v) is 5.76. The quantitative estimate of drug-likeness (QED) is 0.889. The topological polar surface area (TPSA) is 50.7 Å². The molecule has 0 radical (unpaired) electrons. The molecule has 1 fully saturated rings. The number of benzene rings is 2. The summed E-state index contributed by atoms with van der Waals surface area (Å²) in [7, 11) is 1.67. The van der Waals surface area contributed by atoms with Gasteiger partial charge in [-0.15, -0.1) is 0 Å². The van der Waals surface area contributed by atoms with Crippen LogP contribution in [-0.4, -0.2) is 38.5 Å². The normalized spacial score (nSPS) is 22.5. The lowest BCUT2D eigenvalue weighted by atomic mass is 9.76. The second-order valence-electron chi connectivity index (χ2n) is 5.76. The van der Waals surface area contributed by atoms with Crippen molar-refractivity contribution in [3.8, 4) is 5.75 Å². The van der Waals surface area contributed by atoms with Crippen LogP contribution in [0.4, 0.5) is 0 Å². The first kappa shape index (κ1) is 16.0. The molecule has 0 bridgehead atoms. The minimum Gasteiger partial charge on any atom is -0.496 e.